The van der Waals surface area contributed by atoms with Crippen LogP contribution in [-0.4, -0.2) is 25.6 Å². The molecule has 0 aliphatic rings. The maximum absolute atomic E-state index is 6.06. The number of hydrogen-bond donors (Lipinski definition) is 1. The summed E-state index contributed by atoms with van der Waals surface area (Å²) in [7, 11) is 1.68. The zero-order valence-electron chi connectivity index (χ0n) is 10.9. The van der Waals surface area contributed by atoms with E-state index in [-0.39, 0.29) is 5.38 Å². The Kier molecular flexibility index (Phi) is 6.56. The number of halogens is 1. The van der Waals surface area contributed by atoms with E-state index < -0.39 is 0 Å². The molecule has 0 aliphatic heterocycles. The largest absolute Gasteiger partial charge is 0.383 e. The molecule has 0 saturated heterocycles. The molecule has 1 rings (SSSR count). The van der Waals surface area contributed by atoms with Crippen LogP contribution in [0, 0.1) is 13.8 Å². The molecule has 0 amide bonds. The first-order valence-electron chi connectivity index (χ1n) is 6.04. The van der Waals surface area contributed by atoms with Crippen LogP contribution < -0.4 is 5.32 Å². The molecule has 1 aromatic rings. The van der Waals surface area contributed by atoms with Crippen molar-refractivity contribution in [1.82, 2.24) is 5.32 Å². The van der Waals surface area contributed by atoms with E-state index in [0.29, 0.717) is 6.61 Å². The van der Waals surface area contributed by atoms with Crippen molar-refractivity contribution in [2.24, 2.45) is 0 Å². The van der Waals surface area contributed by atoms with Crippen LogP contribution >= 0.6 is 11.6 Å². The molecular weight excluding hydrogens is 234 g/mol. The van der Waals surface area contributed by atoms with Gasteiger partial charge in [-0.3, -0.25) is 0 Å². The van der Waals surface area contributed by atoms with Crippen LogP contribution in [0.15, 0.2) is 18.2 Å². The van der Waals surface area contributed by atoms with E-state index in [4.69, 9.17) is 16.3 Å². The second-order valence-corrected chi connectivity index (χ2v) is 5.01. The SMILES string of the molecule is COCC(Cl)CCNCc1c(C)cccc1C. The summed E-state index contributed by atoms with van der Waals surface area (Å²) in [6.07, 6.45) is 0.931. The van der Waals surface area contributed by atoms with E-state index in [1.54, 1.807) is 7.11 Å². The minimum Gasteiger partial charge on any atom is -0.383 e. The Bertz CT molecular complexity index is 321. The normalized spacial score (nSPS) is 12.7. The zero-order valence-corrected chi connectivity index (χ0v) is 11.7. The number of methoxy groups -OCH3 is 1. The number of nitrogens with one attached hydrogen (secondary N) is 1. The van der Waals surface area contributed by atoms with Crippen LogP contribution in [0.3, 0.4) is 0 Å². The van der Waals surface area contributed by atoms with Crippen LogP contribution in [0.5, 0.6) is 0 Å². The van der Waals surface area contributed by atoms with Crippen LogP contribution in [0.1, 0.15) is 23.1 Å². The summed E-state index contributed by atoms with van der Waals surface area (Å²) < 4.78 is 5.00. The van der Waals surface area contributed by atoms with Crippen molar-refractivity contribution in [2.75, 3.05) is 20.3 Å². The quantitative estimate of drug-likeness (QED) is 0.597. The molecule has 0 spiro atoms. The summed E-state index contributed by atoms with van der Waals surface area (Å²) >= 11 is 6.06. The van der Waals surface area contributed by atoms with Gasteiger partial charge in [-0.2, -0.15) is 0 Å². The van der Waals surface area contributed by atoms with Gasteiger partial charge in [0, 0.05) is 13.7 Å². The molecule has 1 atom stereocenters. The fourth-order valence-corrected chi connectivity index (χ4v) is 2.10. The van der Waals surface area contributed by atoms with Crippen LogP contribution in [0.4, 0.5) is 0 Å². The molecule has 0 radical (unpaired) electrons. The predicted octanol–water partition coefficient (Wildman–Crippen LogP) is 3.04. The van der Waals surface area contributed by atoms with E-state index in [1.807, 2.05) is 0 Å². The molecule has 0 aromatic heterocycles. The van der Waals surface area contributed by atoms with Gasteiger partial charge in [0.15, 0.2) is 0 Å². The van der Waals surface area contributed by atoms with Crippen LogP contribution in [-0.2, 0) is 11.3 Å². The topological polar surface area (TPSA) is 21.3 Å². The molecule has 0 heterocycles. The molecule has 0 bridgehead atoms. The first-order valence-corrected chi connectivity index (χ1v) is 6.47. The zero-order chi connectivity index (χ0) is 12.7. The van der Waals surface area contributed by atoms with Crippen LogP contribution in [0.25, 0.3) is 0 Å². The Balaban J connectivity index is 2.31. The van der Waals surface area contributed by atoms with E-state index >= 15 is 0 Å². The van der Waals surface area contributed by atoms with Gasteiger partial charge in [0.05, 0.1) is 12.0 Å². The first-order chi connectivity index (χ1) is 8.15. The third-order valence-corrected chi connectivity index (χ3v) is 3.27. The summed E-state index contributed by atoms with van der Waals surface area (Å²) in [4.78, 5) is 0. The van der Waals surface area contributed by atoms with Crippen molar-refractivity contribution in [1.29, 1.82) is 0 Å². The molecule has 3 heteroatoms. The number of rotatable bonds is 7. The van der Waals surface area contributed by atoms with Gasteiger partial charge >= 0.3 is 0 Å². The molecule has 17 heavy (non-hydrogen) atoms. The number of hydrogen-bond acceptors (Lipinski definition) is 2. The molecular formula is C14H22ClNO. The van der Waals surface area contributed by atoms with E-state index in [1.165, 1.54) is 16.7 Å². The van der Waals surface area contributed by atoms with Gasteiger partial charge in [-0.15, -0.1) is 11.6 Å². The third-order valence-electron chi connectivity index (χ3n) is 2.93. The van der Waals surface area contributed by atoms with Gasteiger partial charge in [-0.1, -0.05) is 18.2 Å². The first kappa shape index (κ1) is 14.5. The lowest BCUT2D eigenvalue weighted by molar-refractivity contribution is 0.195. The molecule has 0 aliphatic carbocycles. The number of benzene rings is 1. The maximum atomic E-state index is 6.06. The lowest BCUT2D eigenvalue weighted by atomic mass is 10.0. The number of aryl methyl sites for hydroxylation is 2. The molecule has 1 aromatic carbocycles. The van der Waals surface area contributed by atoms with E-state index in [0.717, 1.165) is 19.5 Å². The highest BCUT2D eigenvalue weighted by Crippen LogP contribution is 2.12. The van der Waals surface area contributed by atoms with Gasteiger partial charge in [0.1, 0.15) is 0 Å². The van der Waals surface area contributed by atoms with Crippen molar-refractivity contribution in [2.45, 2.75) is 32.2 Å². The Morgan fingerprint density at radius 1 is 1.29 bits per heavy atom. The Morgan fingerprint density at radius 3 is 2.53 bits per heavy atom. The lowest BCUT2D eigenvalue weighted by Crippen LogP contribution is -2.20. The van der Waals surface area contributed by atoms with Gasteiger partial charge in [0.25, 0.3) is 0 Å². The predicted molar refractivity (Wildman–Crippen MR) is 73.8 cm³/mol. The fraction of sp³-hybridized carbons (Fsp3) is 0.571. The molecule has 0 saturated carbocycles. The highest BCUT2D eigenvalue weighted by Gasteiger charge is 2.04. The van der Waals surface area contributed by atoms with Gasteiger partial charge in [-0.05, 0) is 43.5 Å². The molecule has 1 unspecified atom stereocenters. The smallest absolute Gasteiger partial charge is 0.0626 e. The average Bonchev–Trinajstić information content (AvgIpc) is 2.28. The molecule has 1 N–H and O–H groups in total. The van der Waals surface area contributed by atoms with Crippen molar-refractivity contribution >= 4 is 11.6 Å². The highest BCUT2D eigenvalue weighted by atomic mass is 35.5. The van der Waals surface area contributed by atoms with Gasteiger partial charge < -0.3 is 10.1 Å². The Morgan fingerprint density at radius 2 is 1.94 bits per heavy atom. The third kappa shape index (κ3) is 5.07. The van der Waals surface area contributed by atoms with E-state index in [9.17, 15) is 0 Å². The monoisotopic (exact) mass is 255 g/mol. The minimum atomic E-state index is 0.102. The second-order valence-electron chi connectivity index (χ2n) is 4.39. The standard InChI is InChI=1S/C14H22ClNO/c1-11-5-4-6-12(2)14(11)9-16-8-7-13(15)10-17-3/h4-6,13,16H,7-10H2,1-3H3. The summed E-state index contributed by atoms with van der Waals surface area (Å²) in [5, 5.41) is 3.53. The van der Waals surface area contributed by atoms with Crippen molar-refractivity contribution in [3.05, 3.63) is 34.9 Å². The Hall–Kier alpha value is -0.570. The fourth-order valence-electron chi connectivity index (χ4n) is 1.86. The summed E-state index contributed by atoms with van der Waals surface area (Å²) in [5.41, 5.74) is 4.08. The maximum Gasteiger partial charge on any atom is 0.0626 e. The lowest BCUT2D eigenvalue weighted by Gasteiger charge is -2.12. The van der Waals surface area contributed by atoms with E-state index in [2.05, 4.69) is 37.4 Å². The summed E-state index contributed by atoms with van der Waals surface area (Å²) in [6.45, 7) is 6.76. The molecule has 2 nitrogen and oxygen atoms in total. The highest BCUT2D eigenvalue weighted by molar-refractivity contribution is 6.20. The van der Waals surface area contributed by atoms with Crippen molar-refractivity contribution < 1.29 is 4.74 Å². The number of ether oxygens (including phenoxy) is 1. The van der Waals surface area contributed by atoms with Gasteiger partial charge in [-0.25, -0.2) is 0 Å². The molecule has 96 valence electrons. The molecule has 0 fully saturated rings. The Labute approximate surface area is 109 Å². The number of alkyl halides is 1. The van der Waals surface area contributed by atoms with Crippen molar-refractivity contribution in [3.8, 4) is 0 Å². The second kappa shape index (κ2) is 7.70. The van der Waals surface area contributed by atoms with Crippen molar-refractivity contribution in [3.63, 3.8) is 0 Å². The average molecular weight is 256 g/mol. The summed E-state index contributed by atoms with van der Waals surface area (Å²) in [5.74, 6) is 0. The summed E-state index contributed by atoms with van der Waals surface area (Å²) in [6, 6.07) is 6.40. The minimum absolute atomic E-state index is 0.102. The van der Waals surface area contributed by atoms with Crippen LogP contribution in [0.2, 0.25) is 0 Å². The van der Waals surface area contributed by atoms with Gasteiger partial charge in [0.2, 0.25) is 0 Å².